The molecule has 1 amide bonds. The highest BCUT2D eigenvalue weighted by molar-refractivity contribution is 6.29. The molecule has 19 heavy (non-hydrogen) atoms. The van der Waals surface area contributed by atoms with Gasteiger partial charge in [0.15, 0.2) is 0 Å². The molecule has 2 aromatic rings. The Hall–Kier alpha value is -2.14. The number of aromatic nitrogens is 2. The number of halogens is 1. The van der Waals surface area contributed by atoms with Crippen molar-refractivity contribution in [1.29, 1.82) is 0 Å². The molecule has 0 radical (unpaired) electrons. The maximum absolute atomic E-state index is 10.4. The summed E-state index contributed by atoms with van der Waals surface area (Å²) in [6.07, 6.45) is 0.508. The van der Waals surface area contributed by atoms with Crippen LogP contribution in [-0.4, -0.2) is 23.0 Å². The average Bonchev–Trinajstić information content (AvgIpc) is 2.40. The second-order valence-electron chi connectivity index (χ2n) is 3.62. The predicted octanol–water partition coefficient (Wildman–Crippen LogP) is 2.76. The van der Waals surface area contributed by atoms with Crippen molar-refractivity contribution in [2.75, 3.05) is 11.9 Å². The molecule has 0 aliphatic rings. The molecule has 0 spiro atoms. The molecule has 0 saturated carbocycles. The molecule has 98 valence electrons. The van der Waals surface area contributed by atoms with E-state index in [2.05, 4.69) is 15.3 Å². The quantitative estimate of drug-likeness (QED) is 0.674. The lowest BCUT2D eigenvalue weighted by atomic mass is 10.1. The van der Waals surface area contributed by atoms with Crippen LogP contribution in [0.1, 0.15) is 6.92 Å². The number of ether oxygens (including phenoxy) is 1. The van der Waals surface area contributed by atoms with Gasteiger partial charge in [-0.15, -0.1) is 0 Å². The molecule has 6 heteroatoms. The topological polar surface area (TPSA) is 64.1 Å². The first-order chi connectivity index (χ1) is 9.22. The zero-order chi connectivity index (χ0) is 13.7. The van der Waals surface area contributed by atoms with E-state index in [1.165, 1.54) is 0 Å². The zero-order valence-electron chi connectivity index (χ0n) is 10.3. The SMILES string of the molecule is CCOc1ccc(-c2cc(Cl)nc(NC=O)n2)cc1. The zero-order valence-corrected chi connectivity index (χ0v) is 11.0. The van der Waals surface area contributed by atoms with Gasteiger partial charge in [0.05, 0.1) is 12.3 Å². The summed E-state index contributed by atoms with van der Waals surface area (Å²) >= 11 is 5.88. The fourth-order valence-electron chi connectivity index (χ4n) is 1.57. The second kappa shape index (κ2) is 6.15. The molecule has 1 aromatic carbocycles. The fraction of sp³-hybridized carbons (Fsp3) is 0.154. The van der Waals surface area contributed by atoms with E-state index in [4.69, 9.17) is 16.3 Å². The number of nitrogens with zero attached hydrogens (tertiary/aromatic N) is 2. The Morgan fingerprint density at radius 2 is 2.05 bits per heavy atom. The highest BCUT2D eigenvalue weighted by atomic mass is 35.5. The Balaban J connectivity index is 2.32. The largest absolute Gasteiger partial charge is 0.494 e. The average molecular weight is 278 g/mol. The van der Waals surface area contributed by atoms with Crippen LogP contribution in [-0.2, 0) is 4.79 Å². The Labute approximate surface area is 115 Å². The summed E-state index contributed by atoms with van der Waals surface area (Å²) in [5.74, 6) is 0.962. The number of rotatable bonds is 5. The van der Waals surface area contributed by atoms with Crippen LogP contribution in [0.4, 0.5) is 5.95 Å². The van der Waals surface area contributed by atoms with Crippen molar-refractivity contribution >= 4 is 24.0 Å². The molecule has 0 atom stereocenters. The third-order valence-corrected chi connectivity index (χ3v) is 2.54. The number of anilines is 1. The minimum atomic E-state index is 0.173. The summed E-state index contributed by atoms with van der Waals surface area (Å²) in [5, 5.41) is 2.65. The van der Waals surface area contributed by atoms with E-state index in [-0.39, 0.29) is 11.1 Å². The van der Waals surface area contributed by atoms with Gasteiger partial charge in [-0.05, 0) is 31.2 Å². The van der Waals surface area contributed by atoms with Gasteiger partial charge in [0.25, 0.3) is 0 Å². The molecule has 0 saturated heterocycles. The molecule has 0 aliphatic heterocycles. The summed E-state index contributed by atoms with van der Waals surface area (Å²) < 4.78 is 5.37. The van der Waals surface area contributed by atoms with Crippen molar-refractivity contribution in [3.63, 3.8) is 0 Å². The second-order valence-corrected chi connectivity index (χ2v) is 4.01. The van der Waals surface area contributed by atoms with Crippen molar-refractivity contribution in [3.8, 4) is 17.0 Å². The first kappa shape index (κ1) is 13.3. The van der Waals surface area contributed by atoms with Gasteiger partial charge in [0.2, 0.25) is 12.4 Å². The lowest BCUT2D eigenvalue weighted by Gasteiger charge is -2.06. The van der Waals surface area contributed by atoms with Gasteiger partial charge in [0, 0.05) is 11.6 Å². The highest BCUT2D eigenvalue weighted by Crippen LogP contribution is 2.23. The van der Waals surface area contributed by atoms with E-state index in [0.29, 0.717) is 18.7 Å². The van der Waals surface area contributed by atoms with Crippen LogP contribution in [0.2, 0.25) is 5.15 Å². The molecule has 0 unspecified atom stereocenters. The molecule has 1 heterocycles. The Morgan fingerprint density at radius 1 is 1.32 bits per heavy atom. The van der Waals surface area contributed by atoms with E-state index in [0.717, 1.165) is 11.3 Å². The molecule has 1 N–H and O–H groups in total. The van der Waals surface area contributed by atoms with Crippen LogP contribution >= 0.6 is 11.6 Å². The number of amides is 1. The molecular formula is C13H12ClN3O2. The van der Waals surface area contributed by atoms with E-state index < -0.39 is 0 Å². The number of hydrogen-bond donors (Lipinski definition) is 1. The van der Waals surface area contributed by atoms with Crippen LogP contribution in [0.3, 0.4) is 0 Å². The van der Waals surface area contributed by atoms with Gasteiger partial charge >= 0.3 is 0 Å². The van der Waals surface area contributed by atoms with Gasteiger partial charge in [-0.3, -0.25) is 10.1 Å². The molecular weight excluding hydrogens is 266 g/mol. The normalized spacial score (nSPS) is 10.0. The van der Waals surface area contributed by atoms with Crippen LogP contribution in [0.5, 0.6) is 5.75 Å². The van der Waals surface area contributed by atoms with E-state index in [1.807, 2.05) is 31.2 Å². The van der Waals surface area contributed by atoms with Crippen LogP contribution in [0.15, 0.2) is 30.3 Å². The predicted molar refractivity (Wildman–Crippen MR) is 73.3 cm³/mol. The van der Waals surface area contributed by atoms with Crippen LogP contribution < -0.4 is 10.1 Å². The number of benzene rings is 1. The van der Waals surface area contributed by atoms with Crippen LogP contribution in [0.25, 0.3) is 11.3 Å². The van der Waals surface area contributed by atoms with E-state index >= 15 is 0 Å². The Kier molecular flexibility index (Phi) is 4.30. The number of hydrogen-bond acceptors (Lipinski definition) is 4. The van der Waals surface area contributed by atoms with Gasteiger partial charge < -0.3 is 4.74 Å². The number of carbonyl (C=O) groups is 1. The first-order valence-electron chi connectivity index (χ1n) is 5.71. The minimum Gasteiger partial charge on any atom is -0.494 e. The smallest absolute Gasteiger partial charge is 0.231 e. The number of carbonyl (C=O) groups excluding carboxylic acids is 1. The van der Waals surface area contributed by atoms with Crippen molar-refractivity contribution in [1.82, 2.24) is 9.97 Å². The van der Waals surface area contributed by atoms with Gasteiger partial charge in [0.1, 0.15) is 10.9 Å². The van der Waals surface area contributed by atoms with E-state index in [9.17, 15) is 4.79 Å². The first-order valence-corrected chi connectivity index (χ1v) is 6.08. The van der Waals surface area contributed by atoms with Crippen molar-refractivity contribution in [2.45, 2.75) is 6.92 Å². The van der Waals surface area contributed by atoms with E-state index in [1.54, 1.807) is 6.07 Å². The maximum Gasteiger partial charge on any atom is 0.231 e. The lowest BCUT2D eigenvalue weighted by Crippen LogP contribution is -2.01. The van der Waals surface area contributed by atoms with Crippen LogP contribution in [0, 0.1) is 0 Å². The lowest BCUT2D eigenvalue weighted by molar-refractivity contribution is -0.105. The molecule has 2 rings (SSSR count). The molecule has 0 fully saturated rings. The van der Waals surface area contributed by atoms with Gasteiger partial charge in [-0.2, -0.15) is 0 Å². The third-order valence-electron chi connectivity index (χ3n) is 2.34. The molecule has 0 bridgehead atoms. The fourth-order valence-corrected chi connectivity index (χ4v) is 1.75. The van der Waals surface area contributed by atoms with Gasteiger partial charge in [-0.25, -0.2) is 9.97 Å². The maximum atomic E-state index is 10.4. The van der Waals surface area contributed by atoms with Gasteiger partial charge in [-0.1, -0.05) is 11.6 Å². The monoisotopic (exact) mass is 277 g/mol. The third kappa shape index (κ3) is 3.42. The summed E-state index contributed by atoms with van der Waals surface area (Å²) in [7, 11) is 0. The molecule has 5 nitrogen and oxygen atoms in total. The van der Waals surface area contributed by atoms with Crippen molar-refractivity contribution in [3.05, 3.63) is 35.5 Å². The number of nitrogens with one attached hydrogen (secondary N) is 1. The standard InChI is InChI=1S/C13H12ClN3O2/c1-2-19-10-5-3-9(4-6-10)11-7-12(14)17-13(16-11)15-8-18/h3-8H,2H2,1H3,(H,15,16,17,18). The summed E-state index contributed by atoms with van der Waals surface area (Å²) in [6.45, 7) is 2.54. The Morgan fingerprint density at radius 3 is 2.68 bits per heavy atom. The highest BCUT2D eigenvalue weighted by Gasteiger charge is 2.05. The summed E-state index contributed by atoms with van der Waals surface area (Å²) in [6, 6.07) is 9.07. The molecule has 0 aliphatic carbocycles. The molecule has 1 aromatic heterocycles. The summed E-state index contributed by atoms with van der Waals surface area (Å²) in [4.78, 5) is 18.5. The Bertz CT molecular complexity index is 573. The summed E-state index contributed by atoms with van der Waals surface area (Å²) in [5.41, 5.74) is 1.49. The minimum absolute atomic E-state index is 0.173. The van der Waals surface area contributed by atoms with Crippen molar-refractivity contribution < 1.29 is 9.53 Å². The van der Waals surface area contributed by atoms with Crippen molar-refractivity contribution in [2.24, 2.45) is 0 Å².